The lowest BCUT2D eigenvalue weighted by Gasteiger charge is -2.26. The number of carbonyl (C=O) groups excluding carboxylic acids is 1. The van der Waals surface area contributed by atoms with Crippen LogP contribution in [0.1, 0.15) is 31.7 Å². The predicted molar refractivity (Wildman–Crippen MR) is 78.0 cm³/mol. The van der Waals surface area contributed by atoms with Crippen molar-refractivity contribution in [3.63, 3.8) is 0 Å². The van der Waals surface area contributed by atoms with Gasteiger partial charge in [0.2, 0.25) is 5.91 Å². The SMILES string of the molecule is CC(Cc1ccccc1)NC(=O)CN1CCCCC1. The van der Waals surface area contributed by atoms with Gasteiger partial charge in [0.1, 0.15) is 0 Å². The summed E-state index contributed by atoms with van der Waals surface area (Å²) in [7, 11) is 0. The lowest BCUT2D eigenvalue weighted by molar-refractivity contribution is -0.123. The van der Waals surface area contributed by atoms with Gasteiger partial charge < -0.3 is 5.32 Å². The molecule has 1 fully saturated rings. The number of amides is 1. The lowest BCUT2D eigenvalue weighted by atomic mass is 10.1. The molecule has 1 aliphatic rings. The van der Waals surface area contributed by atoms with Gasteiger partial charge in [-0.2, -0.15) is 0 Å². The predicted octanol–water partition coefficient (Wildman–Crippen LogP) is 2.22. The van der Waals surface area contributed by atoms with E-state index in [1.54, 1.807) is 0 Å². The molecule has 19 heavy (non-hydrogen) atoms. The Morgan fingerprint density at radius 3 is 2.58 bits per heavy atom. The van der Waals surface area contributed by atoms with Gasteiger partial charge in [-0.05, 0) is 44.8 Å². The van der Waals surface area contributed by atoms with E-state index in [4.69, 9.17) is 0 Å². The molecule has 1 aromatic carbocycles. The highest BCUT2D eigenvalue weighted by Crippen LogP contribution is 2.08. The average molecular weight is 260 g/mol. The maximum Gasteiger partial charge on any atom is 0.234 e. The van der Waals surface area contributed by atoms with E-state index in [1.807, 2.05) is 18.2 Å². The first-order valence-electron chi connectivity index (χ1n) is 7.29. The summed E-state index contributed by atoms with van der Waals surface area (Å²) in [5.41, 5.74) is 1.27. The molecule has 1 aromatic rings. The highest BCUT2D eigenvalue weighted by atomic mass is 16.2. The molecule has 3 nitrogen and oxygen atoms in total. The second-order valence-corrected chi connectivity index (χ2v) is 5.50. The van der Waals surface area contributed by atoms with Crippen molar-refractivity contribution in [1.82, 2.24) is 10.2 Å². The fourth-order valence-corrected chi connectivity index (χ4v) is 2.66. The molecule has 1 amide bonds. The molecule has 0 saturated carbocycles. The summed E-state index contributed by atoms with van der Waals surface area (Å²) in [4.78, 5) is 14.2. The maximum atomic E-state index is 12.0. The number of hydrogen-bond donors (Lipinski definition) is 1. The quantitative estimate of drug-likeness (QED) is 0.880. The highest BCUT2D eigenvalue weighted by molar-refractivity contribution is 5.78. The fraction of sp³-hybridized carbons (Fsp3) is 0.562. The third-order valence-electron chi connectivity index (χ3n) is 3.61. The van der Waals surface area contributed by atoms with Crippen molar-refractivity contribution in [3.05, 3.63) is 35.9 Å². The van der Waals surface area contributed by atoms with Crippen LogP contribution < -0.4 is 5.32 Å². The number of nitrogens with zero attached hydrogens (tertiary/aromatic N) is 1. The molecule has 1 N–H and O–H groups in total. The van der Waals surface area contributed by atoms with E-state index in [2.05, 4.69) is 29.3 Å². The van der Waals surface area contributed by atoms with Gasteiger partial charge in [0.25, 0.3) is 0 Å². The van der Waals surface area contributed by atoms with Crippen molar-refractivity contribution < 1.29 is 4.79 Å². The number of hydrogen-bond acceptors (Lipinski definition) is 2. The van der Waals surface area contributed by atoms with Gasteiger partial charge in [-0.15, -0.1) is 0 Å². The van der Waals surface area contributed by atoms with E-state index < -0.39 is 0 Å². The topological polar surface area (TPSA) is 32.3 Å². The second-order valence-electron chi connectivity index (χ2n) is 5.50. The number of nitrogens with one attached hydrogen (secondary N) is 1. The molecule has 2 rings (SSSR count). The van der Waals surface area contributed by atoms with Crippen LogP contribution in [-0.2, 0) is 11.2 Å². The van der Waals surface area contributed by atoms with Crippen LogP contribution in [0.25, 0.3) is 0 Å². The van der Waals surface area contributed by atoms with Gasteiger partial charge in [0.15, 0.2) is 0 Å². The molecule has 0 spiro atoms. The molecule has 1 unspecified atom stereocenters. The number of rotatable bonds is 5. The molecule has 0 radical (unpaired) electrons. The first-order chi connectivity index (χ1) is 9.24. The molecular weight excluding hydrogens is 236 g/mol. The summed E-state index contributed by atoms with van der Waals surface area (Å²) >= 11 is 0. The van der Waals surface area contributed by atoms with E-state index in [9.17, 15) is 4.79 Å². The Bertz CT molecular complexity index is 385. The largest absolute Gasteiger partial charge is 0.352 e. The number of carbonyl (C=O) groups is 1. The summed E-state index contributed by atoms with van der Waals surface area (Å²) in [6, 6.07) is 10.5. The number of benzene rings is 1. The van der Waals surface area contributed by atoms with Crippen LogP contribution in [0.3, 0.4) is 0 Å². The molecule has 1 heterocycles. The van der Waals surface area contributed by atoms with Crippen LogP contribution in [0.4, 0.5) is 0 Å². The van der Waals surface area contributed by atoms with Crippen LogP contribution in [-0.4, -0.2) is 36.5 Å². The van der Waals surface area contributed by atoms with Gasteiger partial charge in [0, 0.05) is 6.04 Å². The zero-order valence-electron chi connectivity index (χ0n) is 11.8. The molecule has 0 aromatic heterocycles. The second kappa shape index (κ2) is 7.29. The number of likely N-dealkylation sites (tertiary alicyclic amines) is 1. The van der Waals surface area contributed by atoms with E-state index in [0.29, 0.717) is 6.54 Å². The van der Waals surface area contributed by atoms with Crippen molar-refractivity contribution in [2.75, 3.05) is 19.6 Å². The van der Waals surface area contributed by atoms with Crippen molar-refractivity contribution in [2.24, 2.45) is 0 Å². The molecule has 104 valence electrons. The zero-order chi connectivity index (χ0) is 13.5. The Labute approximate surface area is 116 Å². The van der Waals surface area contributed by atoms with Gasteiger partial charge in [-0.3, -0.25) is 9.69 Å². The summed E-state index contributed by atoms with van der Waals surface area (Å²) < 4.78 is 0. The van der Waals surface area contributed by atoms with Crippen LogP contribution in [0.15, 0.2) is 30.3 Å². The molecule has 3 heteroatoms. The maximum absolute atomic E-state index is 12.0. The van der Waals surface area contributed by atoms with E-state index in [0.717, 1.165) is 19.5 Å². The molecular formula is C16H24N2O. The van der Waals surface area contributed by atoms with Gasteiger partial charge in [-0.1, -0.05) is 36.8 Å². The summed E-state index contributed by atoms with van der Waals surface area (Å²) in [5, 5.41) is 3.10. The van der Waals surface area contributed by atoms with Gasteiger partial charge in [-0.25, -0.2) is 0 Å². The van der Waals surface area contributed by atoms with Crippen molar-refractivity contribution >= 4 is 5.91 Å². The van der Waals surface area contributed by atoms with Crippen molar-refractivity contribution in [3.8, 4) is 0 Å². The average Bonchev–Trinajstić information content (AvgIpc) is 2.40. The van der Waals surface area contributed by atoms with Gasteiger partial charge in [0.05, 0.1) is 6.54 Å². The zero-order valence-corrected chi connectivity index (χ0v) is 11.8. The molecule has 1 saturated heterocycles. The molecule has 1 aliphatic heterocycles. The van der Waals surface area contributed by atoms with Crippen LogP contribution in [0.2, 0.25) is 0 Å². The third-order valence-corrected chi connectivity index (χ3v) is 3.61. The Morgan fingerprint density at radius 2 is 1.89 bits per heavy atom. The molecule has 0 bridgehead atoms. The monoisotopic (exact) mass is 260 g/mol. The lowest BCUT2D eigenvalue weighted by Crippen LogP contribution is -2.43. The standard InChI is InChI=1S/C16H24N2O/c1-14(12-15-8-4-2-5-9-15)17-16(19)13-18-10-6-3-7-11-18/h2,4-5,8-9,14H,3,6-7,10-13H2,1H3,(H,17,19). The smallest absolute Gasteiger partial charge is 0.234 e. The molecule has 0 aliphatic carbocycles. The number of piperidine rings is 1. The molecule has 1 atom stereocenters. The van der Waals surface area contributed by atoms with Crippen LogP contribution in [0.5, 0.6) is 0 Å². The Balaban J connectivity index is 1.72. The third kappa shape index (κ3) is 5.03. The van der Waals surface area contributed by atoms with Crippen LogP contribution >= 0.6 is 0 Å². The van der Waals surface area contributed by atoms with E-state index >= 15 is 0 Å². The Kier molecular flexibility index (Phi) is 5.40. The van der Waals surface area contributed by atoms with Crippen molar-refractivity contribution in [1.29, 1.82) is 0 Å². The Hall–Kier alpha value is -1.35. The first kappa shape index (κ1) is 14.1. The first-order valence-corrected chi connectivity index (χ1v) is 7.29. The van der Waals surface area contributed by atoms with E-state index in [-0.39, 0.29) is 11.9 Å². The minimum Gasteiger partial charge on any atom is -0.352 e. The minimum atomic E-state index is 0.158. The highest BCUT2D eigenvalue weighted by Gasteiger charge is 2.15. The normalized spacial score (nSPS) is 17.9. The fourth-order valence-electron chi connectivity index (χ4n) is 2.66. The summed E-state index contributed by atoms with van der Waals surface area (Å²) in [6.07, 6.45) is 4.66. The minimum absolute atomic E-state index is 0.158. The van der Waals surface area contributed by atoms with Gasteiger partial charge >= 0.3 is 0 Å². The Morgan fingerprint density at radius 1 is 1.21 bits per heavy atom. The van der Waals surface area contributed by atoms with Crippen molar-refractivity contribution in [2.45, 2.75) is 38.6 Å². The summed E-state index contributed by atoms with van der Waals surface area (Å²) in [6.45, 7) is 4.77. The van der Waals surface area contributed by atoms with E-state index in [1.165, 1.54) is 24.8 Å². The van der Waals surface area contributed by atoms with Crippen LogP contribution in [0, 0.1) is 0 Å². The summed E-state index contributed by atoms with van der Waals surface area (Å²) in [5.74, 6) is 0.158.